The molecule has 0 fully saturated rings. The molecule has 0 aliphatic carbocycles. The summed E-state index contributed by atoms with van der Waals surface area (Å²) in [6, 6.07) is 5.40. The van der Waals surface area contributed by atoms with E-state index in [0.717, 1.165) is 0 Å². The summed E-state index contributed by atoms with van der Waals surface area (Å²) in [5, 5.41) is 0.430. The highest BCUT2D eigenvalue weighted by atomic mass is 35.5. The first-order valence-electron chi connectivity index (χ1n) is 3.02. The number of hydrogen-bond donors (Lipinski definition) is 0. The van der Waals surface area contributed by atoms with Gasteiger partial charge in [-0.3, -0.25) is 4.79 Å². The summed E-state index contributed by atoms with van der Waals surface area (Å²) < 4.78 is 21.8. The van der Waals surface area contributed by atoms with Crippen LogP contribution in [0.4, 0.5) is 0 Å². The van der Waals surface area contributed by atoms with E-state index in [4.69, 9.17) is 11.6 Å². The Bertz CT molecular complexity index is 380. The van der Waals surface area contributed by atoms with E-state index in [2.05, 4.69) is 0 Å². The van der Waals surface area contributed by atoms with Crippen molar-refractivity contribution >= 4 is 27.1 Å². The molecule has 0 radical (unpaired) electrons. The fraction of sp³-hybridized carbons (Fsp3) is 0. The average molecular weight is 205 g/mol. The molecule has 0 bridgehead atoms. The first kappa shape index (κ1) is 9.22. The van der Waals surface area contributed by atoms with Gasteiger partial charge in [0, 0.05) is 5.02 Å². The van der Waals surface area contributed by atoms with Gasteiger partial charge in [-0.1, -0.05) is 11.6 Å². The molecule has 0 unspecified atom stereocenters. The maximum absolute atomic E-state index is 10.9. The Labute approximate surface area is 74.9 Å². The van der Waals surface area contributed by atoms with E-state index in [-0.39, 0.29) is 10.5 Å². The van der Waals surface area contributed by atoms with Crippen LogP contribution >= 0.6 is 11.6 Å². The summed E-state index contributed by atoms with van der Waals surface area (Å²) in [5.41, 5.74) is -0.0871. The Balaban J connectivity index is 3.23. The smallest absolute Gasteiger partial charge is 0.238 e. The molecule has 0 saturated heterocycles. The maximum atomic E-state index is 10.9. The lowest BCUT2D eigenvalue weighted by Crippen LogP contribution is -2.00. The maximum Gasteiger partial charge on any atom is 0.238 e. The lowest BCUT2D eigenvalue weighted by Gasteiger charge is -1.94. The lowest BCUT2D eigenvalue weighted by atomic mass is 10.4. The lowest BCUT2D eigenvalue weighted by molar-refractivity contribution is 0.556. The number of benzene rings is 1. The molecule has 0 spiro atoms. The van der Waals surface area contributed by atoms with Gasteiger partial charge in [0.2, 0.25) is 15.5 Å². The third kappa shape index (κ3) is 1.84. The zero-order valence-corrected chi connectivity index (χ0v) is 7.47. The SMILES string of the molecule is O=CS(=O)(=O)c1ccc(Cl)cc1. The fourth-order valence-electron chi connectivity index (χ4n) is 0.680. The van der Waals surface area contributed by atoms with Gasteiger partial charge in [0.25, 0.3) is 0 Å². The van der Waals surface area contributed by atoms with Crippen LogP contribution in [0.2, 0.25) is 5.02 Å². The Morgan fingerprint density at radius 3 is 2.08 bits per heavy atom. The molecule has 64 valence electrons. The number of halogens is 1. The number of hydrogen-bond acceptors (Lipinski definition) is 3. The van der Waals surface area contributed by atoms with Gasteiger partial charge in [-0.05, 0) is 24.3 Å². The van der Waals surface area contributed by atoms with Gasteiger partial charge in [0.15, 0.2) is 0 Å². The fourth-order valence-corrected chi connectivity index (χ4v) is 1.43. The third-order valence-corrected chi connectivity index (χ3v) is 2.70. The van der Waals surface area contributed by atoms with Crippen LogP contribution in [0.3, 0.4) is 0 Å². The minimum atomic E-state index is -3.75. The van der Waals surface area contributed by atoms with Crippen LogP contribution in [0.5, 0.6) is 0 Å². The molecule has 0 N–H and O–H groups in total. The highest BCUT2D eigenvalue weighted by Crippen LogP contribution is 2.13. The van der Waals surface area contributed by atoms with Crippen molar-refractivity contribution in [2.75, 3.05) is 0 Å². The highest BCUT2D eigenvalue weighted by Gasteiger charge is 2.11. The van der Waals surface area contributed by atoms with E-state index in [1.54, 1.807) is 0 Å². The van der Waals surface area contributed by atoms with Crippen LogP contribution in [-0.4, -0.2) is 14.0 Å². The molecule has 0 aliphatic heterocycles. The second-order valence-electron chi connectivity index (χ2n) is 2.10. The van der Waals surface area contributed by atoms with E-state index in [1.807, 2.05) is 0 Å². The van der Waals surface area contributed by atoms with Crippen LogP contribution in [0.15, 0.2) is 29.2 Å². The molecular weight excluding hydrogens is 200 g/mol. The summed E-state index contributed by atoms with van der Waals surface area (Å²) in [6.07, 6.45) is 0. The zero-order chi connectivity index (χ0) is 9.19. The van der Waals surface area contributed by atoms with Crippen LogP contribution < -0.4 is 0 Å². The van der Waals surface area contributed by atoms with Crippen LogP contribution in [0.1, 0.15) is 0 Å². The van der Waals surface area contributed by atoms with Crippen molar-refractivity contribution in [3.63, 3.8) is 0 Å². The Morgan fingerprint density at radius 1 is 1.17 bits per heavy atom. The van der Waals surface area contributed by atoms with E-state index < -0.39 is 9.84 Å². The third-order valence-electron chi connectivity index (χ3n) is 1.27. The molecule has 0 aliphatic rings. The molecule has 12 heavy (non-hydrogen) atoms. The molecule has 1 aromatic carbocycles. The van der Waals surface area contributed by atoms with Crippen molar-refractivity contribution in [2.24, 2.45) is 0 Å². The largest absolute Gasteiger partial charge is 0.285 e. The summed E-state index contributed by atoms with van der Waals surface area (Å²) in [4.78, 5) is 10.1. The van der Waals surface area contributed by atoms with Crippen molar-refractivity contribution in [1.82, 2.24) is 0 Å². The average Bonchev–Trinajstić information content (AvgIpc) is 2.05. The van der Waals surface area contributed by atoms with Gasteiger partial charge in [0.1, 0.15) is 0 Å². The number of rotatable bonds is 2. The van der Waals surface area contributed by atoms with E-state index in [1.165, 1.54) is 24.3 Å². The minimum Gasteiger partial charge on any atom is -0.285 e. The van der Waals surface area contributed by atoms with E-state index >= 15 is 0 Å². The number of carbonyl (C=O) groups is 1. The predicted octanol–water partition coefficient (Wildman–Crippen LogP) is 1.30. The summed E-state index contributed by atoms with van der Waals surface area (Å²) in [7, 11) is -3.75. The number of carbonyl (C=O) groups excluding carboxylic acids is 1. The number of sulfone groups is 1. The quantitative estimate of drug-likeness (QED) is 0.683. The zero-order valence-electron chi connectivity index (χ0n) is 5.90. The molecule has 0 saturated carbocycles. The first-order valence-corrected chi connectivity index (χ1v) is 4.94. The molecular formula is C7H5ClO3S. The van der Waals surface area contributed by atoms with E-state index in [0.29, 0.717) is 5.02 Å². The summed E-state index contributed by atoms with van der Waals surface area (Å²) in [5.74, 6) is 0. The second-order valence-corrected chi connectivity index (χ2v) is 4.29. The molecule has 3 nitrogen and oxygen atoms in total. The monoisotopic (exact) mass is 204 g/mol. The molecule has 5 heteroatoms. The van der Waals surface area contributed by atoms with Crippen molar-refractivity contribution in [1.29, 1.82) is 0 Å². The summed E-state index contributed by atoms with van der Waals surface area (Å²) in [6.45, 7) is 0. The van der Waals surface area contributed by atoms with E-state index in [9.17, 15) is 13.2 Å². The van der Waals surface area contributed by atoms with Gasteiger partial charge in [-0.15, -0.1) is 0 Å². The first-order chi connectivity index (χ1) is 5.56. The highest BCUT2D eigenvalue weighted by molar-refractivity contribution is 8.04. The van der Waals surface area contributed by atoms with Crippen LogP contribution in [0, 0.1) is 0 Å². The van der Waals surface area contributed by atoms with Gasteiger partial charge in [-0.25, -0.2) is 8.42 Å². The molecule has 1 rings (SSSR count). The Kier molecular flexibility index (Phi) is 2.49. The Morgan fingerprint density at radius 2 is 1.67 bits per heavy atom. The normalized spacial score (nSPS) is 11.1. The standard InChI is InChI=1S/C7H5ClO3S/c8-6-1-3-7(4-2-6)12(10,11)5-9/h1-5H. The van der Waals surface area contributed by atoms with Crippen molar-refractivity contribution in [3.8, 4) is 0 Å². The van der Waals surface area contributed by atoms with Crippen LogP contribution in [0.25, 0.3) is 0 Å². The molecule has 1 aromatic rings. The van der Waals surface area contributed by atoms with Crippen LogP contribution in [-0.2, 0) is 14.6 Å². The van der Waals surface area contributed by atoms with Crippen molar-refractivity contribution in [2.45, 2.75) is 4.90 Å². The van der Waals surface area contributed by atoms with Gasteiger partial charge >= 0.3 is 0 Å². The molecule has 0 atom stereocenters. The van der Waals surface area contributed by atoms with Gasteiger partial charge in [0.05, 0.1) is 4.90 Å². The minimum absolute atomic E-state index is 0.0399. The van der Waals surface area contributed by atoms with Crippen molar-refractivity contribution < 1.29 is 13.2 Å². The topological polar surface area (TPSA) is 51.2 Å². The van der Waals surface area contributed by atoms with Gasteiger partial charge in [-0.2, -0.15) is 0 Å². The Hall–Kier alpha value is -0.870. The van der Waals surface area contributed by atoms with Crippen molar-refractivity contribution in [3.05, 3.63) is 29.3 Å². The summed E-state index contributed by atoms with van der Waals surface area (Å²) >= 11 is 5.52. The second kappa shape index (κ2) is 3.25. The molecule has 0 heterocycles. The molecule has 0 amide bonds. The van der Waals surface area contributed by atoms with Gasteiger partial charge < -0.3 is 0 Å². The predicted molar refractivity (Wildman–Crippen MR) is 45.4 cm³/mol. The molecule has 0 aromatic heterocycles.